The first-order chi connectivity index (χ1) is 8.66. The van der Waals surface area contributed by atoms with Crippen LogP contribution in [0, 0.1) is 12.7 Å². The molecule has 2 heterocycles. The highest BCUT2D eigenvalue weighted by molar-refractivity contribution is 5.72. The fraction of sp³-hybridized carbons (Fsp3) is 0.0833. The van der Waals surface area contributed by atoms with E-state index in [2.05, 4.69) is 15.0 Å². The molecule has 0 atom stereocenters. The number of fused-ring (bicyclic) bond motifs is 1. The lowest BCUT2D eigenvalue weighted by Gasteiger charge is -2.05. The van der Waals surface area contributed by atoms with Crippen molar-refractivity contribution in [3.05, 3.63) is 52.6 Å². The summed E-state index contributed by atoms with van der Waals surface area (Å²) in [7, 11) is 0. The smallest absolute Gasteiger partial charge is 0.277 e. The Morgan fingerprint density at radius 1 is 1.39 bits per heavy atom. The van der Waals surface area contributed by atoms with Crippen LogP contribution in [0.15, 0.2) is 35.4 Å². The predicted octanol–water partition coefficient (Wildman–Crippen LogP) is 1.56. The molecule has 2 aromatic heterocycles. The number of hydrogen-bond donors (Lipinski definition) is 1. The van der Waals surface area contributed by atoms with Gasteiger partial charge < -0.3 is 4.98 Å². The first-order valence-corrected chi connectivity index (χ1v) is 5.35. The fourth-order valence-corrected chi connectivity index (χ4v) is 1.96. The largest absolute Gasteiger partial charge is 0.311 e. The molecule has 0 amide bonds. The van der Waals surface area contributed by atoms with Gasteiger partial charge in [0.25, 0.3) is 5.56 Å². The topological polar surface area (TPSA) is 63.6 Å². The maximum Gasteiger partial charge on any atom is 0.277 e. The quantitative estimate of drug-likeness (QED) is 0.706. The molecule has 0 spiro atoms. The molecule has 0 saturated carbocycles. The molecule has 0 unspecified atom stereocenters. The van der Waals surface area contributed by atoms with E-state index in [4.69, 9.17) is 0 Å². The molecule has 1 N–H and O–H groups in total. The fourth-order valence-electron chi connectivity index (χ4n) is 1.96. The normalized spacial score (nSPS) is 11.0. The van der Waals surface area contributed by atoms with Crippen molar-refractivity contribution in [2.45, 2.75) is 6.92 Å². The molecule has 0 aliphatic rings. The van der Waals surface area contributed by atoms with Gasteiger partial charge in [-0.3, -0.25) is 9.36 Å². The van der Waals surface area contributed by atoms with Gasteiger partial charge in [-0.25, -0.2) is 14.4 Å². The molecule has 5 nitrogen and oxygen atoms in total. The van der Waals surface area contributed by atoms with Gasteiger partial charge in [-0.05, 0) is 25.1 Å². The van der Waals surface area contributed by atoms with Crippen LogP contribution in [0.3, 0.4) is 0 Å². The molecule has 0 saturated heterocycles. The van der Waals surface area contributed by atoms with Crippen LogP contribution in [0.1, 0.15) is 5.82 Å². The van der Waals surface area contributed by atoms with Crippen molar-refractivity contribution in [3.8, 4) is 5.69 Å². The summed E-state index contributed by atoms with van der Waals surface area (Å²) in [6.07, 6.45) is 1.30. The summed E-state index contributed by atoms with van der Waals surface area (Å²) < 4.78 is 14.8. The highest BCUT2D eigenvalue weighted by Crippen LogP contribution is 2.17. The average molecular weight is 244 g/mol. The van der Waals surface area contributed by atoms with Gasteiger partial charge in [-0.1, -0.05) is 6.07 Å². The molecule has 90 valence electrons. The zero-order valence-corrected chi connectivity index (χ0v) is 9.51. The van der Waals surface area contributed by atoms with Crippen LogP contribution in [-0.2, 0) is 0 Å². The van der Waals surface area contributed by atoms with Gasteiger partial charge in [-0.15, -0.1) is 0 Å². The lowest BCUT2D eigenvalue weighted by molar-refractivity contribution is 0.626. The molecule has 0 aliphatic carbocycles. The molecular formula is C12H9FN4O. The first-order valence-electron chi connectivity index (χ1n) is 5.35. The van der Waals surface area contributed by atoms with Crippen LogP contribution in [0.2, 0.25) is 0 Å². The number of rotatable bonds is 1. The highest BCUT2D eigenvalue weighted by Gasteiger charge is 2.13. The lowest BCUT2D eigenvalue weighted by Crippen LogP contribution is -2.11. The number of nitrogens with one attached hydrogen (secondary N) is 1. The van der Waals surface area contributed by atoms with Crippen molar-refractivity contribution in [3.63, 3.8) is 0 Å². The number of H-pyrrole nitrogens is 1. The number of benzene rings is 1. The Morgan fingerprint density at radius 3 is 3.00 bits per heavy atom. The number of nitrogens with zero attached hydrogens (tertiary/aromatic N) is 3. The van der Waals surface area contributed by atoms with Gasteiger partial charge >= 0.3 is 0 Å². The Balaban J connectivity index is 2.42. The van der Waals surface area contributed by atoms with E-state index in [1.165, 1.54) is 18.5 Å². The third-order valence-electron chi connectivity index (χ3n) is 2.69. The summed E-state index contributed by atoms with van der Waals surface area (Å²) >= 11 is 0. The van der Waals surface area contributed by atoms with Crippen molar-refractivity contribution < 1.29 is 4.39 Å². The average Bonchev–Trinajstić information content (AvgIpc) is 2.67. The summed E-state index contributed by atoms with van der Waals surface area (Å²) in [4.78, 5) is 22.5. The number of aromatic amines is 1. The third kappa shape index (κ3) is 1.50. The second kappa shape index (κ2) is 3.76. The number of imidazole rings is 1. The van der Waals surface area contributed by atoms with Crippen molar-refractivity contribution in [1.82, 2.24) is 19.5 Å². The van der Waals surface area contributed by atoms with Crippen molar-refractivity contribution in [1.29, 1.82) is 0 Å². The van der Waals surface area contributed by atoms with Crippen LogP contribution in [-0.4, -0.2) is 19.5 Å². The molecule has 0 aliphatic heterocycles. The Bertz CT molecular complexity index is 790. The molecule has 1 aromatic carbocycles. The van der Waals surface area contributed by atoms with E-state index in [-0.39, 0.29) is 11.4 Å². The van der Waals surface area contributed by atoms with Crippen LogP contribution in [0.25, 0.3) is 16.9 Å². The van der Waals surface area contributed by atoms with E-state index in [0.29, 0.717) is 22.7 Å². The number of hydrogen-bond acceptors (Lipinski definition) is 3. The second-order valence-corrected chi connectivity index (χ2v) is 3.88. The zero-order valence-electron chi connectivity index (χ0n) is 9.51. The van der Waals surface area contributed by atoms with Crippen molar-refractivity contribution in [2.24, 2.45) is 0 Å². The minimum absolute atomic E-state index is 0.301. The standard InChI is InChI=1S/C12H9FN4O/c1-7-16-11-10(12(18)15-6-14-11)17(7)9-4-2-3-8(13)5-9/h2-6H,1H3,(H,14,15,18). The van der Waals surface area contributed by atoms with Gasteiger partial charge in [0.2, 0.25) is 0 Å². The molecule has 3 aromatic rings. The minimum atomic E-state index is -0.367. The van der Waals surface area contributed by atoms with Crippen LogP contribution < -0.4 is 5.56 Å². The molecule has 0 fully saturated rings. The Morgan fingerprint density at radius 2 is 2.22 bits per heavy atom. The van der Waals surface area contributed by atoms with Gasteiger partial charge in [0.15, 0.2) is 11.2 Å². The SMILES string of the molecule is Cc1nc2nc[nH]c(=O)c2n1-c1cccc(F)c1. The van der Waals surface area contributed by atoms with Gasteiger partial charge in [0.05, 0.1) is 12.0 Å². The maximum atomic E-state index is 13.3. The van der Waals surface area contributed by atoms with E-state index in [1.807, 2.05) is 0 Å². The first kappa shape index (κ1) is 10.6. The van der Waals surface area contributed by atoms with Crippen molar-refractivity contribution in [2.75, 3.05) is 0 Å². The summed E-state index contributed by atoms with van der Waals surface area (Å²) in [5.41, 5.74) is 0.916. The third-order valence-corrected chi connectivity index (χ3v) is 2.69. The van der Waals surface area contributed by atoms with E-state index < -0.39 is 0 Å². The molecule has 0 radical (unpaired) electrons. The lowest BCUT2D eigenvalue weighted by atomic mass is 10.3. The summed E-state index contributed by atoms with van der Waals surface area (Å²) in [6, 6.07) is 5.99. The summed E-state index contributed by atoms with van der Waals surface area (Å²) in [5.74, 6) is 0.217. The molecule has 3 rings (SSSR count). The summed E-state index contributed by atoms with van der Waals surface area (Å²) in [5, 5.41) is 0. The Hall–Kier alpha value is -2.50. The molecule has 18 heavy (non-hydrogen) atoms. The van der Waals surface area contributed by atoms with Gasteiger partial charge in [0.1, 0.15) is 11.6 Å². The molecular weight excluding hydrogens is 235 g/mol. The number of halogens is 1. The zero-order chi connectivity index (χ0) is 12.7. The summed E-state index contributed by atoms with van der Waals surface area (Å²) in [6.45, 7) is 1.74. The number of aryl methyl sites for hydroxylation is 1. The Labute approximate surface area is 101 Å². The van der Waals surface area contributed by atoms with Gasteiger partial charge in [0, 0.05) is 0 Å². The van der Waals surface area contributed by atoms with Crippen molar-refractivity contribution >= 4 is 11.2 Å². The van der Waals surface area contributed by atoms with Crippen LogP contribution in [0.4, 0.5) is 4.39 Å². The van der Waals surface area contributed by atoms with E-state index in [0.717, 1.165) is 0 Å². The van der Waals surface area contributed by atoms with E-state index >= 15 is 0 Å². The predicted molar refractivity (Wildman–Crippen MR) is 64.2 cm³/mol. The minimum Gasteiger partial charge on any atom is -0.311 e. The number of aromatic nitrogens is 4. The van der Waals surface area contributed by atoms with E-state index in [9.17, 15) is 9.18 Å². The second-order valence-electron chi connectivity index (χ2n) is 3.88. The highest BCUT2D eigenvalue weighted by atomic mass is 19.1. The molecule has 6 heteroatoms. The molecule has 0 bridgehead atoms. The monoisotopic (exact) mass is 244 g/mol. The van der Waals surface area contributed by atoms with Gasteiger partial charge in [-0.2, -0.15) is 0 Å². The van der Waals surface area contributed by atoms with Crippen LogP contribution >= 0.6 is 0 Å². The van der Waals surface area contributed by atoms with Crippen LogP contribution in [0.5, 0.6) is 0 Å². The van der Waals surface area contributed by atoms with E-state index in [1.54, 1.807) is 23.6 Å². The maximum absolute atomic E-state index is 13.3. The Kier molecular flexibility index (Phi) is 2.22.